The molecule has 1 aliphatic rings. The van der Waals surface area contributed by atoms with Crippen LogP contribution in [0.15, 0.2) is 0 Å². The Labute approximate surface area is 100.0 Å². The van der Waals surface area contributed by atoms with Gasteiger partial charge in [-0.1, -0.05) is 20.8 Å². The zero-order valence-electron chi connectivity index (χ0n) is 10.3. The van der Waals surface area contributed by atoms with Crippen LogP contribution in [0.4, 0.5) is 0 Å². The number of amides is 2. The lowest BCUT2D eigenvalue weighted by Crippen LogP contribution is -2.59. The van der Waals surface area contributed by atoms with Crippen LogP contribution in [0, 0.1) is 5.41 Å². The second kappa shape index (κ2) is 4.73. The fourth-order valence-electron chi connectivity index (χ4n) is 1.76. The van der Waals surface area contributed by atoms with Crippen molar-refractivity contribution in [3.63, 3.8) is 0 Å². The Bertz CT molecular complexity index is 346. The molecule has 2 N–H and O–H groups in total. The Kier molecular flexibility index (Phi) is 3.75. The van der Waals surface area contributed by atoms with Crippen molar-refractivity contribution in [3.8, 4) is 0 Å². The lowest BCUT2D eigenvalue weighted by molar-refractivity contribution is -0.152. The lowest BCUT2D eigenvalue weighted by Gasteiger charge is -2.37. The Morgan fingerprint density at radius 3 is 2.53 bits per heavy atom. The molecular weight excluding hydrogens is 224 g/mol. The van der Waals surface area contributed by atoms with Gasteiger partial charge in [0.05, 0.1) is 6.42 Å². The normalized spacial score (nSPS) is 21.0. The number of rotatable bonds is 2. The molecule has 1 rings (SSSR count). The lowest BCUT2D eigenvalue weighted by atomic mass is 9.93. The van der Waals surface area contributed by atoms with Gasteiger partial charge in [-0.05, 0) is 0 Å². The zero-order valence-corrected chi connectivity index (χ0v) is 10.3. The van der Waals surface area contributed by atoms with Gasteiger partial charge in [0.1, 0.15) is 6.04 Å². The van der Waals surface area contributed by atoms with Gasteiger partial charge in [0.25, 0.3) is 0 Å². The van der Waals surface area contributed by atoms with E-state index in [1.165, 1.54) is 4.90 Å². The molecule has 6 heteroatoms. The van der Waals surface area contributed by atoms with Gasteiger partial charge in [0.15, 0.2) is 0 Å². The van der Waals surface area contributed by atoms with Gasteiger partial charge in [-0.2, -0.15) is 0 Å². The predicted octanol–water partition coefficient (Wildman–Crippen LogP) is -0.166. The van der Waals surface area contributed by atoms with Crippen molar-refractivity contribution in [3.05, 3.63) is 0 Å². The largest absolute Gasteiger partial charge is 0.481 e. The highest BCUT2D eigenvalue weighted by Crippen LogP contribution is 2.21. The molecule has 1 fully saturated rings. The Morgan fingerprint density at radius 2 is 2.06 bits per heavy atom. The first kappa shape index (κ1) is 13.5. The molecule has 0 radical (unpaired) electrons. The van der Waals surface area contributed by atoms with E-state index < -0.39 is 23.3 Å². The number of hydrogen-bond acceptors (Lipinski definition) is 3. The minimum atomic E-state index is -1.08. The summed E-state index contributed by atoms with van der Waals surface area (Å²) in [7, 11) is 0. The summed E-state index contributed by atoms with van der Waals surface area (Å²) in [4.78, 5) is 35.8. The van der Waals surface area contributed by atoms with E-state index >= 15 is 0 Å². The summed E-state index contributed by atoms with van der Waals surface area (Å²) in [5.41, 5.74) is -0.617. The maximum Gasteiger partial charge on any atom is 0.305 e. The van der Waals surface area contributed by atoms with Crippen molar-refractivity contribution in [2.75, 3.05) is 13.1 Å². The summed E-state index contributed by atoms with van der Waals surface area (Å²) in [6.07, 6.45) is -0.354. The third-order valence-electron chi connectivity index (χ3n) is 2.60. The minimum Gasteiger partial charge on any atom is -0.481 e. The van der Waals surface area contributed by atoms with Gasteiger partial charge in [-0.15, -0.1) is 0 Å². The van der Waals surface area contributed by atoms with Crippen LogP contribution in [0.3, 0.4) is 0 Å². The van der Waals surface area contributed by atoms with Gasteiger partial charge in [0.2, 0.25) is 11.8 Å². The highest BCUT2D eigenvalue weighted by Gasteiger charge is 2.38. The minimum absolute atomic E-state index is 0.196. The van der Waals surface area contributed by atoms with E-state index in [4.69, 9.17) is 5.11 Å². The quantitative estimate of drug-likeness (QED) is 0.704. The maximum atomic E-state index is 12.1. The average Bonchev–Trinajstić information content (AvgIpc) is 2.18. The van der Waals surface area contributed by atoms with Crippen LogP contribution in [0.25, 0.3) is 0 Å². The zero-order chi connectivity index (χ0) is 13.2. The molecule has 1 atom stereocenters. The van der Waals surface area contributed by atoms with E-state index in [9.17, 15) is 14.4 Å². The number of piperazine rings is 1. The van der Waals surface area contributed by atoms with Gasteiger partial charge in [-0.3, -0.25) is 14.4 Å². The second-order valence-corrected chi connectivity index (χ2v) is 5.15. The van der Waals surface area contributed by atoms with Crippen LogP contribution in [-0.2, 0) is 14.4 Å². The predicted molar refractivity (Wildman–Crippen MR) is 60.2 cm³/mol. The van der Waals surface area contributed by atoms with E-state index in [-0.39, 0.29) is 12.3 Å². The fraction of sp³-hybridized carbons (Fsp3) is 0.727. The SMILES string of the molecule is CC(C)(C)C(=O)N1CCNC(=O)C1CC(=O)O. The van der Waals surface area contributed by atoms with E-state index in [1.54, 1.807) is 20.8 Å². The maximum absolute atomic E-state index is 12.1. The van der Waals surface area contributed by atoms with Gasteiger partial charge in [-0.25, -0.2) is 0 Å². The van der Waals surface area contributed by atoms with Crippen molar-refractivity contribution >= 4 is 17.8 Å². The smallest absolute Gasteiger partial charge is 0.305 e. The van der Waals surface area contributed by atoms with Crippen LogP contribution in [0.2, 0.25) is 0 Å². The number of nitrogens with zero attached hydrogens (tertiary/aromatic N) is 1. The molecule has 6 nitrogen and oxygen atoms in total. The van der Waals surface area contributed by atoms with Crippen molar-refractivity contribution in [2.45, 2.75) is 33.2 Å². The van der Waals surface area contributed by atoms with Crippen molar-refractivity contribution in [2.24, 2.45) is 5.41 Å². The molecule has 0 spiro atoms. The molecule has 1 unspecified atom stereocenters. The first-order chi connectivity index (χ1) is 7.73. The van der Waals surface area contributed by atoms with E-state index in [0.29, 0.717) is 13.1 Å². The van der Waals surface area contributed by atoms with Crippen molar-refractivity contribution in [1.29, 1.82) is 0 Å². The molecule has 1 aliphatic heterocycles. The Morgan fingerprint density at radius 1 is 1.47 bits per heavy atom. The summed E-state index contributed by atoms with van der Waals surface area (Å²) in [5, 5.41) is 11.3. The topological polar surface area (TPSA) is 86.7 Å². The second-order valence-electron chi connectivity index (χ2n) is 5.15. The third-order valence-corrected chi connectivity index (χ3v) is 2.60. The highest BCUT2D eigenvalue weighted by atomic mass is 16.4. The molecule has 0 aromatic heterocycles. The van der Waals surface area contributed by atoms with Crippen LogP contribution in [0.1, 0.15) is 27.2 Å². The van der Waals surface area contributed by atoms with Crippen LogP contribution in [-0.4, -0.2) is 46.9 Å². The summed E-state index contributed by atoms with van der Waals surface area (Å²) in [6, 6.07) is -0.895. The molecule has 0 bridgehead atoms. The third kappa shape index (κ3) is 3.18. The van der Waals surface area contributed by atoms with Crippen LogP contribution < -0.4 is 5.32 Å². The monoisotopic (exact) mass is 242 g/mol. The van der Waals surface area contributed by atoms with Crippen LogP contribution >= 0.6 is 0 Å². The number of nitrogens with one attached hydrogen (secondary N) is 1. The Balaban J connectivity index is 2.90. The first-order valence-corrected chi connectivity index (χ1v) is 5.54. The number of aliphatic carboxylic acids is 1. The number of hydrogen-bond donors (Lipinski definition) is 2. The number of carbonyl (C=O) groups is 3. The highest BCUT2D eigenvalue weighted by molar-refractivity contribution is 5.93. The van der Waals surface area contributed by atoms with E-state index in [2.05, 4.69) is 5.32 Å². The van der Waals surface area contributed by atoms with Gasteiger partial charge in [0, 0.05) is 18.5 Å². The molecule has 17 heavy (non-hydrogen) atoms. The summed E-state index contributed by atoms with van der Waals surface area (Å²) in [6.45, 7) is 5.98. The number of carboxylic acid groups (broad SMARTS) is 1. The molecule has 0 saturated carbocycles. The molecule has 0 aliphatic carbocycles. The molecule has 1 saturated heterocycles. The fourth-order valence-corrected chi connectivity index (χ4v) is 1.76. The molecule has 0 aromatic carbocycles. The van der Waals surface area contributed by atoms with Crippen LogP contribution in [0.5, 0.6) is 0 Å². The van der Waals surface area contributed by atoms with Gasteiger partial charge < -0.3 is 15.3 Å². The summed E-state index contributed by atoms with van der Waals surface area (Å²) < 4.78 is 0. The molecule has 1 heterocycles. The standard InChI is InChI=1S/C11H18N2O4/c1-11(2,3)10(17)13-5-4-12-9(16)7(13)6-8(14)15/h7H,4-6H2,1-3H3,(H,12,16)(H,14,15). The summed E-state index contributed by atoms with van der Waals surface area (Å²) >= 11 is 0. The molecular formula is C11H18N2O4. The summed E-state index contributed by atoms with van der Waals surface area (Å²) in [5.74, 6) is -1.67. The first-order valence-electron chi connectivity index (χ1n) is 5.54. The van der Waals surface area contributed by atoms with Gasteiger partial charge >= 0.3 is 5.97 Å². The van der Waals surface area contributed by atoms with Crippen molar-refractivity contribution < 1.29 is 19.5 Å². The number of carbonyl (C=O) groups excluding carboxylic acids is 2. The molecule has 2 amide bonds. The van der Waals surface area contributed by atoms with E-state index in [1.807, 2.05) is 0 Å². The number of carboxylic acids is 1. The molecule has 96 valence electrons. The van der Waals surface area contributed by atoms with E-state index in [0.717, 1.165) is 0 Å². The molecule has 0 aromatic rings. The van der Waals surface area contributed by atoms with Crippen molar-refractivity contribution in [1.82, 2.24) is 10.2 Å². The Hall–Kier alpha value is -1.59. The average molecular weight is 242 g/mol.